The van der Waals surface area contributed by atoms with E-state index in [0.29, 0.717) is 67.0 Å². The number of esters is 4. The van der Waals surface area contributed by atoms with E-state index < -0.39 is 23.9 Å². The van der Waals surface area contributed by atoms with Gasteiger partial charge in [-0.2, -0.15) is 0 Å². The fraction of sp³-hybridized carbons (Fsp3) is 0.458. The van der Waals surface area contributed by atoms with Gasteiger partial charge in [0.05, 0.1) is 37.6 Å². The number of hydrogen-bond donors (Lipinski definition) is 0. The molecule has 0 amide bonds. The summed E-state index contributed by atoms with van der Waals surface area (Å²) >= 11 is 0. The molecule has 0 N–H and O–H groups in total. The molecule has 0 aromatic heterocycles. The van der Waals surface area contributed by atoms with Crippen molar-refractivity contribution in [1.82, 2.24) is 0 Å². The average Bonchev–Trinajstić information content (AvgIpc) is 3.24. The molecule has 3 aromatic rings. The van der Waals surface area contributed by atoms with Crippen LogP contribution < -0.4 is 18.9 Å². The normalized spacial score (nSPS) is 10.6. The number of hydrogen-bond acceptors (Lipinski definition) is 10. The molecule has 0 heterocycles. The summed E-state index contributed by atoms with van der Waals surface area (Å²) < 4.78 is 33.3. The van der Waals surface area contributed by atoms with Gasteiger partial charge in [0, 0.05) is 12.2 Å². The van der Waals surface area contributed by atoms with Crippen LogP contribution in [0, 0.1) is 0 Å². The standard InChI is InChI=1S/C48H62O10/c1-4-7-8-9-10-11-12-17-22-40-37-43(57-47(51)38-23-27-41(28-24-38)53-33-18-13-15-20-35-55-45(49)5-2)31-32-44(40)58-48(52)39-25-29-42(30-26-39)54-34-19-14-16-21-36-56-46(50)6-3/h5-6,23-32,37H,2-4,7-22,33-36H2,1H3. The smallest absolute Gasteiger partial charge is 0.343 e. The van der Waals surface area contributed by atoms with E-state index in [1.165, 1.54) is 32.1 Å². The SMILES string of the molecule is C=CC(=O)OCCCCCCOc1ccc(C(=O)Oc2ccc(OC(=O)c3ccc(OCCCCCCOC(=O)C=C)cc3)c(CCCCCCCCCC)c2)cc1. The number of benzene rings is 3. The number of rotatable bonds is 31. The van der Waals surface area contributed by atoms with E-state index in [4.69, 9.17) is 28.4 Å². The number of carbonyl (C=O) groups is 4. The van der Waals surface area contributed by atoms with E-state index in [1.807, 2.05) is 0 Å². The van der Waals surface area contributed by atoms with Gasteiger partial charge in [-0.3, -0.25) is 0 Å². The molecule has 0 atom stereocenters. The number of ether oxygens (including phenoxy) is 6. The monoisotopic (exact) mass is 798 g/mol. The fourth-order valence-electron chi connectivity index (χ4n) is 6.02. The van der Waals surface area contributed by atoms with Crippen LogP contribution in [0.2, 0.25) is 0 Å². The summed E-state index contributed by atoms with van der Waals surface area (Å²) in [6, 6.07) is 18.8. The third kappa shape index (κ3) is 19.7. The van der Waals surface area contributed by atoms with E-state index in [0.717, 1.165) is 88.3 Å². The van der Waals surface area contributed by atoms with Crippen LogP contribution in [0.1, 0.15) is 136 Å². The largest absolute Gasteiger partial charge is 0.494 e. The highest BCUT2D eigenvalue weighted by molar-refractivity contribution is 5.92. The number of carbonyl (C=O) groups excluding carboxylic acids is 4. The molecule has 0 unspecified atom stereocenters. The molecule has 0 saturated carbocycles. The van der Waals surface area contributed by atoms with Crippen molar-refractivity contribution in [3.63, 3.8) is 0 Å². The van der Waals surface area contributed by atoms with Crippen LogP contribution in [0.4, 0.5) is 0 Å². The quantitative estimate of drug-likeness (QED) is 0.0269. The van der Waals surface area contributed by atoms with Crippen LogP contribution in [0.25, 0.3) is 0 Å². The fourth-order valence-corrected chi connectivity index (χ4v) is 6.02. The first kappa shape index (κ1) is 47.0. The highest BCUT2D eigenvalue weighted by Crippen LogP contribution is 2.28. The third-order valence-electron chi connectivity index (χ3n) is 9.36. The molecule has 0 radical (unpaired) electrons. The minimum Gasteiger partial charge on any atom is -0.494 e. The van der Waals surface area contributed by atoms with E-state index in [2.05, 4.69) is 20.1 Å². The van der Waals surface area contributed by atoms with Crippen LogP contribution >= 0.6 is 0 Å². The topological polar surface area (TPSA) is 124 Å². The second-order valence-electron chi connectivity index (χ2n) is 14.1. The molecule has 0 saturated heterocycles. The maximum Gasteiger partial charge on any atom is 0.343 e. The van der Waals surface area contributed by atoms with Gasteiger partial charge in [-0.15, -0.1) is 0 Å². The van der Waals surface area contributed by atoms with E-state index >= 15 is 0 Å². The van der Waals surface area contributed by atoms with Gasteiger partial charge >= 0.3 is 23.9 Å². The summed E-state index contributed by atoms with van der Waals surface area (Å²) in [5.41, 5.74) is 1.58. The molecule has 3 rings (SSSR count). The van der Waals surface area contributed by atoms with Crippen molar-refractivity contribution >= 4 is 23.9 Å². The Bertz CT molecular complexity index is 1680. The number of aryl methyl sites for hydroxylation is 1. The highest BCUT2D eigenvalue weighted by atomic mass is 16.5. The zero-order chi connectivity index (χ0) is 41.6. The van der Waals surface area contributed by atoms with Crippen LogP contribution in [0.3, 0.4) is 0 Å². The van der Waals surface area contributed by atoms with Gasteiger partial charge in [0.2, 0.25) is 0 Å². The molecule has 314 valence electrons. The predicted octanol–water partition coefficient (Wildman–Crippen LogP) is 11.1. The first-order valence-electron chi connectivity index (χ1n) is 20.9. The van der Waals surface area contributed by atoms with Crippen LogP contribution in [-0.2, 0) is 25.5 Å². The van der Waals surface area contributed by atoms with Gasteiger partial charge in [0.1, 0.15) is 23.0 Å². The Morgan fingerprint density at radius 2 is 0.897 bits per heavy atom. The molecule has 0 fully saturated rings. The van der Waals surface area contributed by atoms with Crippen LogP contribution in [0.5, 0.6) is 23.0 Å². The molecular formula is C48H62O10. The highest BCUT2D eigenvalue weighted by Gasteiger charge is 2.16. The predicted molar refractivity (Wildman–Crippen MR) is 226 cm³/mol. The van der Waals surface area contributed by atoms with Crippen molar-refractivity contribution in [1.29, 1.82) is 0 Å². The van der Waals surface area contributed by atoms with Crippen molar-refractivity contribution < 1.29 is 47.6 Å². The second-order valence-corrected chi connectivity index (χ2v) is 14.1. The summed E-state index contributed by atoms with van der Waals surface area (Å²) in [4.78, 5) is 48.6. The van der Waals surface area contributed by atoms with Crippen LogP contribution in [-0.4, -0.2) is 50.3 Å². The third-order valence-corrected chi connectivity index (χ3v) is 9.36. The van der Waals surface area contributed by atoms with Gasteiger partial charge in [0.25, 0.3) is 0 Å². The molecule has 0 bridgehead atoms. The van der Waals surface area contributed by atoms with E-state index in [9.17, 15) is 19.2 Å². The van der Waals surface area contributed by atoms with Gasteiger partial charge in [0.15, 0.2) is 0 Å². The van der Waals surface area contributed by atoms with E-state index in [-0.39, 0.29) is 0 Å². The van der Waals surface area contributed by atoms with Gasteiger partial charge < -0.3 is 28.4 Å². The Balaban J connectivity index is 1.51. The summed E-state index contributed by atoms with van der Waals surface area (Å²) in [7, 11) is 0. The van der Waals surface area contributed by atoms with Gasteiger partial charge in [-0.1, -0.05) is 65.0 Å². The van der Waals surface area contributed by atoms with Crippen molar-refractivity contribution in [2.75, 3.05) is 26.4 Å². The van der Waals surface area contributed by atoms with Gasteiger partial charge in [-0.25, -0.2) is 19.2 Å². The molecule has 0 aliphatic heterocycles. The Morgan fingerprint density at radius 3 is 1.38 bits per heavy atom. The maximum atomic E-state index is 13.3. The van der Waals surface area contributed by atoms with Crippen molar-refractivity contribution in [2.45, 2.75) is 116 Å². The van der Waals surface area contributed by atoms with Crippen LogP contribution in [0.15, 0.2) is 92.0 Å². The lowest BCUT2D eigenvalue weighted by atomic mass is 10.0. The summed E-state index contributed by atoms with van der Waals surface area (Å²) in [5, 5.41) is 0. The molecule has 0 spiro atoms. The molecule has 10 heteroatoms. The molecule has 0 aliphatic rings. The number of unbranched alkanes of at least 4 members (excludes halogenated alkanes) is 13. The minimum absolute atomic E-state index is 0.372. The molecule has 3 aromatic carbocycles. The summed E-state index contributed by atoms with van der Waals surface area (Å²) in [6.45, 7) is 10.8. The average molecular weight is 799 g/mol. The van der Waals surface area contributed by atoms with E-state index in [1.54, 1.807) is 66.7 Å². The van der Waals surface area contributed by atoms with Crippen molar-refractivity contribution in [3.05, 3.63) is 109 Å². The lowest BCUT2D eigenvalue weighted by Crippen LogP contribution is -2.11. The summed E-state index contributed by atoms with van der Waals surface area (Å²) in [6.07, 6.45) is 19.4. The van der Waals surface area contributed by atoms with Crippen molar-refractivity contribution in [2.24, 2.45) is 0 Å². The Morgan fingerprint density at radius 1 is 0.483 bits per heavy atom. The first-order valence-corrected chi connectivity index (χ1v) is 20.9. The zero-order valence-corrected chi connectivity index (χ0v) is 34.4. The molecule has 0 aliphatic carbocycles. The Hall–Kier alpha value is -5.38. The molecule has 10 nitrogen and oxygen atoms in total. The Labute approximate surface area is 344 Å². The lowest BCUT2D eigenvalue weighted by Gasteiger charge is -2.13. The molecular weight excluding hydrogens is 737 g/mol. The minimum atomic E-state index is -0.500. The van der Waals surface area contributed by atoms with Crippen molar-refractivity contribution in [3.8, 4) is 23.0 Å². The lowest BCUT2D eigenvalue weighted by molar-refractivity contribution is -0.138. The maximum absolute atomic E-state index is 13.3. The molecule has 58 heavy (non-hydrogen) atoms. The zero-order valence-electron chi connectivity index (χ0n) is 34.4. The second kappa shape index (κ2) is 28.9. The first-order chi connectivity index (χ1) is 28.3. The Kier molecular flexibility index (Phi) is 23.4. The van der Waals surface area contributed by atoms with Gasteiger partial charge in [-0.05, 0) is 137 Å². The summed E-state index contributed by atoms with van der Waals surface area (Å²) in [5.74, 6) is 0.336.